The van der Waals surface area contributed by atoms with Crippen molar-refractivity contribution in [1.29, 1.82) is 0 Å². The molecule has 0 bridgehead atoms. The van der Waals surface area contributed by atoms with Crippen LogP contribution in [0.2, 0.25) is 10.0 Å². The van der Waals surface area contributed by atoms with E-state index in [1.54, 1.807) is 24.3 Å². The predicted molar refractivity (Wildman–Crippen MR) is 129 cm³/mol. The summed E-state index contributed by atoms with van der Waals surface area (Å²) < 4.78 is 25.9. The van der Waals surface area contributed by atoms with E-state index >= 15 is 0 Å². The Morgan fingerprint density at radius 1 is 1.34 bits per heavy atom. The van der Waals surface area contributed by atoms with Crippen molar-refractivity contribution in [3.63, 3.8) is 0 Å². The van der Waals surface area contributed by atoms with Gasteiger partial charge in [0.05, 0.1) is 22.9 Å². The molecule has 4 aromatic rings. The molecule has 1 atom stereocenters. The van der Waals surface area contributed by atoms with E-state index in [9.17, 15) is 9.18 Å². The van der Waals surface area contributed by atoms with E-state index in [1.165, 1.54) is 18.3 Å². The normalized spacial score (nSPS) is 14.7. The summed E-state index contributed by atoms with van der Waals surface area (Å²) in [4.78, 5) is 18.5. The van der Waals surface area contributed by atoms with Crippen molar-refractivity contribution < 1.29 is 18.3 Å². The second-order valence-corrected chi connectivity index (χ2v) is 8.75. The molecule has 35 heavy (non-hydrogen) atoms. The van der Waals surface area contributed by atoms with Gasteiger partial charge in [-0.25, -0.2) is 9.37 Å². The van der Waals surface area contributed by atoms with Crippen LogP contribution < -0.4 is 10.5 Å². The first-order valence-corrected chi connectivity index (χ1v) is 11.4. The van der Waals surface area contributed by atoms with Gasteiger partial charge in [0.1, 0.15) is 11.9 Å². The SMILES string of the molecule is C[C@@H](Oc1c(N)ncc2c(C3=CCN(C(=O)c4cn[nH]n4)CC3)coc12)c1c(Cl)ccc(F)c1Cl. The first-order chi connectivity index (χ1) is 16.8. The highest BCUT2D eigenvalue weighted by atomic mass is 35.5. The van der Waals surface area contributed by atoms with Gasteiger partial charge in [0.15, 0.2) is 17.1 Å². The summed E-state index contributed by atoms with van der Waals surface area (Å²) in [5.41, 5.74) is 8.87. The van der Waals surface area contributed by atoms with Gasteiger partial charge in [-0.05, 0) is 31.1 Å². The Morgan fingerprint density at radius 3 is 2.89 bits per heavy atom. The number of pyridine rings is 1. The Labute approximate surface area is 208 Å². The van der Waals surface area contributed by atoms with Crippen LogP contribution in [0.25, 0.3) is 16.5 Å². The molecule has 12 heteroatoms. The molecule has 1 aromatic carbocycles. The van der Waals surface area contributed by atoms with Crippen LogP contribution in [0.15, 0.2) is 41.3 Å². The molecule has 0 saturated carbocycles. The lowest BCUT2D eigenvalue weighted by molar-refractivity contribution is 0.0767. The fraction of sp³-hybridized carbons (Fsp3) is 0.217. The number of aromatic nitrogens is 4. The lowest BCUT2D eigenvalue weighted by Crippen LogP contribution is -2.34. The van der Waals surface area contributed by atoms with Crippen molar-refractivity contribution in [2.24, 2.45) is 0 Å². The second-order valence-electron chi connectivity index (χ2n) is 7.97. The van der Waals surface area contributed by atoms with Crippen molar-refractivity contribution in [3.8, 4) is 5.75 Å². The van der Waals surface area contributed by atoms with Crippen molar-refractivity contribution in [2.75, 3.05) is 18.8 Å². The number of hydrogen-bond donors (Lipinski definition) is 2. The molecule has 0 unspecified atom stereocenters. The number of H-pyrrole nitrogens is 1. The quantitative estimate of drug-likeness (QED) is 0.356. The number of furan rings is 1. The summed E-state index contributed by atoms with van der Waals surface area (Å²) in [6.07, 6.45) is 6.43. The number of anilines is 1. The molecule has 1 amide bonds. The molecule has 0 saturated heterocycles. The average molecular weight is 517 g/mol. The molecule has 5 rings (SSSR count). The summed E-state index contributed by atoms with van der Waals surface area (Å²) in [7, 11) is 0. The lowest BCUT2D eigenvalue weighted by atomic mass is 9.99. The van der Waals surface area contributed by atoms with Crippen LogP contribution in [-0.4, -0.2) is 44.3 Å². The zero-order valence-corrected chi connectivity index (χ0v) is 19.9. The first kappa shape index (κ1) is 23.1. The van der Waals surface area contributed by atoms with Crippen LogP contribution >= 0.6 is 23.2 Å². The van der Waals surface area contributed by atoms with Crippen LogP contribution in [0.1, 0.15) is 41.1 Å². The van der Waals surface area contributed by atoms with E-state index in [2.05, 4.69) is 20.4 Å². The maximum atomic E-state index is 14.0. The topological polar surface area (TPSA) is 123 Å². The molecule has 9 nitrogen and oxygen atoms in total. The summed E-state index contributed by atoms with van der Waals surface area (Å²) in [6.45, 7) is 2.59. The van der Waals surface area contributed by atoms with Gasteiger partial charge in [-0.1, -0.05) is 29.3 Å². The number of fused-ring (bicyclic) bond motifs is 1. The smallest absolute Gasteiger partial charge is 0.276 e. The number of carbonyl (C=O) groups excluding carboxylic acids is 1. The zero-order valence-electron chi connectivity index (χ0n) is 18.4. The van der Waals surface area contributed by atoms with Crippen LogP contribution in [0.5, 0.6) is 5.75 Å². The van der Waals surface area contributed by atoms with Gasteiger partial charge >= 0.3 is 0 Å². The number of carbonyl (C=O) groups is 1. The van der Waals surface area contributed by atoms with Gasteiger partial charge in [0.25, 0.3) is 5.91 Å². The van der Waals surface area contributed by atoms with E-state index < -0.39 is 11.9 Å². The summed E-state index contributed by atoms with van der Waals surface area (Å²) in [5, 5.41) is 10.8. The maximum Gasteiger partial charge on any atom is 0.276 e. The third kappa shape index (κ3) is 4.19. The number of nitrogen functional groups attached to an aromatic ring is 1. The van der Waals surface area contributed by atoms with E-state index in [4.69, 9.17) is 38.1 Å². The van der Waals surface area contributed by atoms with Crippen LogP contribution in [-0.2, 0) is 0 Å². The fourth-order valence-corrected chi connectivity index (χ4v) is 4.74. The van der Waals surface area contributed by atoms with Crippen LogP contribution in [0.4, 0.5) is 10.2 Å². The van der Waals surface area contributed by atoms with Gasteiger partial charge in [-0.2, -0.15) is 15.4 Å². The molecule has 4 heterocycles. The number of rotatable bonds is 5. The Morgan fingerprint density at radius 2 is 2.17 bits per heavy atom. The third-order valence-electron chi connectivity index (χ3n) is 5.86. The monoisotopic (exact) mass is 516 g/mol. The highest BCUT2D eigenvalue weighted by molar-refractivity contribution is 6.36. The van der Waals surface area contributed by atoms with Gasteiger partial charge in [0, 0.05) is 35.4 Å². The first-order valence-electron chi connectivity index (χ1n) is 10.6. The average Bonchev–Trinajstić information content (AvgIpc) is 3.54. The minimum absolute atomic E-state index is 0.107. The second kappa shape index (κ2) is 9.20. The Bertz CT molecular complexity index is 1450. The summed E-state index contributed by atoms with van der Waals surface area (Å²) in [5.74, 6) is -0.487. The number of aromatic amines is 1. The maximum absolute atomic E-state index is 14.0. The van der Waals surface area contributed by atoms with Crippen molar-refractivity contribution >= 4 is 51.5 Å². The molecule has 1 aliphatic heterocycles. The number of amides is 1. The van der Waals surface area contributed by atoms with Crippen molar-refractivity contribution in [3.05, 3.63) is 69.5 Å². The van der Waals surface area contributed by atoms with Crippen molar-refractivity contribution in [2.45, 2.75) is 19.4 Å². The molecular weight excluding hydrogens is 498 g/mol. The lowest BCUT2D eigenvalue weighted by Gasteiger charge is -2.25. The van der Waals surface area contributed by atoms with Gasteiger partial charge in [0.2, 0.25) is 5.75 Å². The van der Waals surface area contributed by atoms with E-state index in [0.717, 1.165) is 11.1 Å². The molecule has 0 aliphatic carbocycles. The number of nitrogens with two attached hydrogens (primary N) is 1. The molecule has 180 valence electrons. The number of nitrogens with one attached hydrogen (secondary N) is 1. The highest BCUT2D eigenvalue weighted by Gasteiger charge is 2.25. The van der Waals surface area contributed by atoms with E-state index in [-0.39, 0.29) is 33.2 Å². The third-order valence-corrected chi connectivity index (χ3v) is 6.57. The number of benzene rings is 1. The van der Waals surface area contributed by atoms with Crippen molar-refractivity contribution in [1.82, 2.24) is 25.3 Å². The number of nitrogens with zero attached hydrogens (tertiary/aromatic N) is 4. The molecule has 3 aromatic heterocycles. The molecular formula is C23H19Cl2FN6O3. The largest absolute Gasteiger partial charge is 0.478 e. The predicted octanol–water partition coefficient (Wildman–Crippen LogP) is 5.04. The molecule has 0 spiro atoms. The molecule has 1 aliphatic rings. The molecule has 0 fully saturated rings. The van der Waals surface area contributed by atoms with E-state index in [1.807, 2.05) is 6.08 Å². The number of halogens is 3. The standard InChI is InChI=1S/C23H19Cl2FN6O3/c1-11(18-15(24)2-3-16(26)19(18)25)35-21-20-13(8-28-22(21)27)14(10-34-20)12-4-6-32(7-5-12)23(33)17-9-29-31-30-17/h2-4,8-11H,5-7H2,1H3,(H2,27,28)(H,29,30,31)/t11-/m1/s1. The molecule has 3 N–H and O–H groups in total. The zero-order chi connectivity index (χ0) is 24.7. The Kier molecular flexibility index (Phi) is 6.08. The van der Waals surface area contributed by atoms with E-state index in [0.29, 0.717) is 36.0 Å². The van der Waals surface area contributed by atoms with Gasteiger partial charge < -0.3 is 19.8 Å². The summed E-state index contributed by atoms with van der Waals surface area (Å²) in [6, 6.07) is 2.60. The van der Waals surface area contributed by atoms with Crippen LogP contribution in [0.3, 0.4) is 0 Å². The number of ether oxygens (including phenoxy) is 1. The molecule has 0 radical (unpaired) electrons. The van der Waals surface area contributed by atoms with Gasteiger partial charge in [-0.3, -0.25) is 4.79 Å². The van der Waals surface area contributed by atoms with Crippen LogP contribution in [0, 0.1) is 5.82 Å². The minimum Gasteiger partial charge on any atom is -0.478 e. The number of hydrogen-bond acceptors (Lipinski definition) is 7. The Balaban J connectivity index is 1.43. The highest BCUT2D eigenvalue weighted by Crippen LogP contribution is 2.41. The minimum atomic E-state index is -0.737. The Hall–Kier alpha value is -3.63. The summed E-state index contributed by atoms with van der Waals surface area (Å²) >= 11 is 12.4. The van der Waals surface area contributed by atoms with Gasteiger partial charge in [-0.15, -0.1) is 0 Å². The fourth-order valence-electron chi connectivity index (χ4n) is 4.06.